The summed E-state index contributed by atoms with van der Waals surface area (Å²) >= 11 is 11.9. The second-order valence-electron chi connectivity index (χ2n) is 3.78. The maximum atomic E-state index is 12.2. The third-order valence-corrected chi connectivity index (χ3v) is 2.93. The zero-order valence-corrected chi connectivity index (χ0v) is 11.1. The van der Waals surface area contributed by atoms with Crippen LogP contribution in [0.3, 0.4) is 0 Å². The van der Waals surface area contributed by atoms with Crippen LogP contribution in [0.4, 0.5) is 0 Å². The fourth-order valence-electron chi connectivity index (χ4n) is 1.41. The Hall–Kier alpha value is -1.24. The van der Waals surface area contributed by atoms with E-state index in [9.17, 15) is 4.79 Å². The highest BCUT2D eigenvalue weighted by Crippen LogP contribution is 2.26. The maximum absolute atomic E-state index is 12.2. The Morgan fingerprint density at radius 1 is 1.41 bits per heavy atom. The third kappa shape index (κ3) is 3.12. The molecular weight excluding hydrogens is 259 g/mol. The van der Waals surface area contributed by atoms with Gasteiger partial charge in [-0.2, -0.15) is 5.26 Å². The molecule has 0 aliphatic rings. The van der Waals surface area contributed by atoms with Crippen LogP contribution in [-0.2, 0) is 0 Å². The van der Waals surface area contributed by atoms with E-state index in [0.717, 1.165) is 0 Å². The second kappa shape index (κ2) is 5.90. The van der Waals surface area contributed by atoms with E-state index in [2.05, 4.69) is 0 Å². The molecule has 5 heteroatoms. The summed E-state index contributed by atoms with van der Waals surface area (Å²) in [5.74, 6) is -0.322. The molecular formula is C12H12Cl2N2O. The van der Waals surface area contributed by atoms with Crippen molar-refractivity contribution in [1.29, 1.82) is 5.26 Å². The molecule has 0 spiro atoms. The molecule has 0 aliphatic carbocycles. The minimum Gasteiger partial charge on any atom is -0.323 e. The number of hydrogen-bond donors (Lipinski definition) is 0. The van der Waals surface area contributed by atoms with Gasteiger partial charge in [-0.15, -0.1) is 0 Å². The summed E-state index contributed by atoms with van der Waals surface area (Å²) in [6, 6.07) is 6.75. The molecule has 0 aromatic heterocycles. The minimum atomic E-state index is -0.322. The smallest absolute Gasteiger partial charge is 0.257 e. The van der Waals surface area contributed by atoms with Crippen LogP contribution in [0.15, 0.2) is 18.2 Å². The Labute approximate surface area is 111 Å². The fourth-order valence-corrected chi connectivity index (χ4v) is 1.97. The Morgan fingerprint density at radius 2 is 1.94 bits per heavy atom. The Morgan fingerprint density at radius 3 is 2.35 bits per heavy atom. The van der Waals surface area contributed by atoms with Gasteiger partial charge in [-0.05, 0) is 26.0 Å². The van der Waals surface area contributed by atoms with Crippen LogP contribution in [-0.4, -0.2) is 23.4 Å². The van der Waals surface area contributed by atoms with Crippen molar-refractivity contribution in [2.75, 3.05) is 6.54 Å². The number of hydrogen-bond acceptors (Lipinski definition) is 2. The molecule has 0 unspecified atom stereocenters. The van der Waals surface area contributed by atoms with Crippen molar-refractivity contribution in [3.8, 4) is 6.07 Å². The second-order valence-corrected chi connectivity index (χ2v) is 4.60. The van der Waals surface area contributed by atoms with E-state index in [-0.39, 0.29) is 24.1 Å². The van der Waals surface area contributed by atoms with Crippen molar-refractivity contribution in [3.63, 3.8) is 0 Å². The zero-order valence-electron chi connectivity index (χ0n) is 9.58. The normalized spacial score (nSPS) is 10.1. The van der Waals surface area contributed by atoms with E-state index < -0.39 is 0 Å². The first-order valence-corrected chi connectivity index (χ1v) is 5.86. The molecule has 0 radical (unpaired) electrons. The first-order valence-electron chi connectivity index (χ1n) is 5.11. The number of halogens is 2. The molecule has 1 aromatic carbocycles. The predicted octanol–water partition coefficient (Wildman–Crippen LogP) is 3.37. The van der Waals surface area contributed by atoms with E-state index in [1.165, 1.54) is 4.90 Å². The topological polar surface area (TPSA) is 44.1 Å². The number of nitrogens with zero attached hydrogens (tertiary/aromatic N) is 2. The number of nitriles is 1. The molecule has 0 N–H and O–H groups in total. The Bertz CT molecular complexity index is 446. The van der Waals surface area contributed by atoms with E-state index in [4.69, 9.17) is 28.5 Å². The van der Waals surface area contributed by atoms with E-state index in [0.29, 0.717) is 10.0 Å². The summed E-state index contributed by atoms with van der Waals surface area (Å²) < 4.78 is 0. The molecule has 0 aliphatic heterocycles. The summed E-state index contributed by atoms with van der Waals surface area (Å²) in [6.45, 7) is 3.68. The molecule has 0 saturated carbocycles. The quantitative estimate of drug-likeness (QED) is 0.791. The predicted molar refractivity (Wildman–Crippen MR) is 68.2 cm³/mol. The molecule has 0 bridgehead atoms. The number of carbonyl (C=O) groups is 1. The summed E-state index contributed by atoms with van der Waals surface area (Å²) in [5, 5.41) is 9.30. The molecule has 0 fully saturated rings. The van der Waals surface area contributed by atoms with Crippen LogP contribution in [0.2, 0.25) is 10.0 Å². The first-order chi connectivity index (χ1) is 7.99. The highest BCUT2D eigenvalue weighted by atomic mass is 35.5. The average molecular weight is 271 g/mol. The molecule has 0 atom stereocenters. The Kier molecular flexibility index (Phi) is 4.80. The van der Waals surface area contributed by atoms with Crippen LogP contribution in [0.1, 0.15) is 24.2 Å². The van der Waals surface area contributed by atoms with E-state index in [1.807, 2.05) is 19.9 Å². The van der Waals surface area contributed by atoms with Crippen molar-refractivity contribution < 1.29 is 4.79 Å². The van der Waals surface area contributed by atoms with E-state index in [1.54, 1.807) is 18.2 Å². The van der Waals surface area contributed by atoms with Crippen molar-refractivity contribution in [1.82, 2.24) is 4.90 Å². The lowest BCUT2D eigenvalue weighted by molar-refractivity contribution is 0.0732. The maximum Gasteiger partial charge on any atom is 0.257 e. The molecule has 3 nitrogen and oxygen atoms in total. The van der Waals surface area contributed by atoms with Crippen molar-refractivity contribution in [3.05, 3.63) is 33.8 Å². The van der Waals surface area contributed by atoms with Gasteiger partial charge in [0, 0.05) is 6.04 Å². The monoisotopic (exact) mass is 270 g/mol. The highest BCUT2D eigenvalue weighted by molar-refractivity contribution is 6.39. The number of rotatable bonds is 3. The van der Waals surface area contributed by atoms with Gasteiger partial charge in [0.1, 0.15) is 6.54 Å². The van der Waals surface area contributed by atoms with Crippen LogP contribution in [0.5, 0.6) is 0 Å². The zero-order chi connectivity index (χ0) is 13.0. The van der Waals surface area contributed by atoms with Crippen molar-refractivity contribution in [2.45, 2.75) is 19.9 Å². The van der Waals surface area contributed by atoms with E-state index >= 15 is 0 Å². The van der Waals surface area contributed by atoms with Crippen LogP contribution >= 0.6 is 23.2 Å². The molecule has 1 amide bonds. The van der Waals surface area contributed by atoms with Gasteiger partial charge >= 0.3 is 0 Å². The molecule has 90 valence electrons. The molecule has 0 heterocycles. The lowest BCUT2D eigenvalue weighted by atomic mass is 10.1. The van der Waals surface area contributed by atoms with Gasteiger partial charge in [0.25, 0.3) is 5.91 Å². The molecule has 1 rings (SSSR count). The number of carbonyl (C=O) groups excluding carboxylic acids is 1. The van der Waals surface area contributed by atoms with Crippen molar-refractivity contribution in [2.24, 2.45) is 0 Å². The lowest BCUT2D eigenvalue weighted by Gasteiger charge is -2.24. The van der Waals surface area contributed by atoms with Gasteiger partial charge in [0.15, 0.2) is 0 Å². The molecule has 0 saturated heterocycles. The lowest BCUT2D eigenvalue weighted by Crippen LogP contribution is -2.37. The number of amides is 1. The van der Waals surface area contributed by atoms with Gasteiger partial charge in [0.05, 0.1) is 21.7 Å². The number of benzene rings is 1. The van der Waals surface area contributed by atoms with Crippen molar-refractivity contribution >= 4 is 29.1 Å². The van der Waals surface area contributed by atoms with Gasteiger partial charge < -0.3 is 4.90 Å². The largest absolute Gasteiger partial charge is 0.323 e. The third-order valence-electron chi connectivity index (χ3n) is 2.30. The van der Waals surface area contributed by atoms with Crippen LogP contribution in [0, 0.1) is 11.3 Å². The molecule has 1 aromatic rings. The summed E-state index contributed by atoms with van der Waals surface area (Å²) in [7, 11) is 0. The van der Waals surface area contributed by atoms with Gasteiger partial charge in [-0.1, -0.05) is 29.3 Å². The highest BCUT2D eigenvalue weighted by Gasteiger charge is 2.22. The Balaban J connectivity index is 3.15. The van der Waals surface area contributed by atoms with Gasteiger partial charge in [-0.25, -0.2) is 0 Å². The average Bonchev–Trinajstić information content (AvgIpc) is 2.24. The standard InChI is InChI=1S/C12H12Cl2N2O/c1-8(2)16(7-6-15)12(17)11-9(13)4-3-5-10(11)14/h3-5,8H,7H2,1-2H3. The fraction of sp³-hybridized carbons (Fsp3) is 0.333. The minimum absolute atomic E-state index is 0.0120. The first kappa shape index (κ1) is 13.8. The van der Waals surface area contributed by atoms with Crippen LogP contribution < -0.4 is 0 Å². The SMILES string of the molecule is CC(C)N(CC#N)C(=O)c1c(Cl)cccc1Cl. The summed E-state index contributed by atoms with van der Waals surface area (Å²) in [5.41, 5.74) is 0.250. The summed E-state index contributed by atoms with van der Waals surface area (Å²) in [4.78, 5) is 13.6. The van der Waals surface area contributed by atoms with Crippen LogP contribution in [0.25, 0.3) is 0 Å². The molecule has 17 heavy (non-hydrogen) atoms. The van der Waals surface area contributed by atoms with Gasteiger partial charge in [-0.3, -0.25) is 4.79 Å². The summed E-state index contributed by atoms with van der Waals surface area (Å²) in [6.07, 6.45) is 0. The van der Waals surface area contributed by atoms with Gasteiger partial charge in [0.2, 0.25) is 0 Å².